The van der Waals surface area contributed by atoms with Gasteiger partial charge in [-0.15, -0.1) is 0 Å². The molecule has 0 saturated carbocycles. The van der Waals surface area contributed by atoms with Crippen molar-refractivity contribution in [1.82, 2.24) is 9.88 Å². The van der Waals surface area contributed by atoms with Gasteiger partial charge in [0, 0.05) is 25.6 Å². The molecule has 5 nitrogen and oxygen atoms in total. The summed E-state index contributed by atoms with van der Waals surface area (Å²) in [6.45, 7) is 1.73. The van der Waals surface area contributed by atoms with Gasteiger partial charge in [-0.2, -0.15) is 11.8 Å². The molecule has 0 unspecified atom stereocenters. The molecule has 1 aromatic rings. The lowest BCUT2D eigenvalue weighted by atomic mass is 10.1. The molecule has 2 heterocycles. The molecule has 0 radical (unpaired) electrons. The number of carbonyl (C=O) groups excluding carboxylic acids is 1. The van der Waals surface area contributed by atoms with E-state index in [0.717, 1.165) is 50.2 Å². The molecule has 0 aromatic carbocycles. The minimum atomic E-state index is 0.309. The third-order valence-electron chi connectivity index (χ3n) is 3.98. The lowest BCUT2D eigenvalue weighted by Crippen LogP contribution is -2.32. The van der Waals surface area contributed by atoms with E-state index < -0.39 is 0 Å². The highest BCUT2D eigenvalue weighted by atomic mass is 32.2. The number of rotatable bonds is 6. The molecule has 1 aliphatic heterocycles. The molecule has 0 aliphatic carbocycles. The van der Waals surface area contributed by atoms with Crippen molar-refractivity contribution in [2.75, 3.05) is 36.1 Å². The van der Waals surface area contributed by atoms with Crippen LogP contribution in [0, 0.1) is 0 Å². The average Bonchev–Trinajstić information content (AvgIpc) is 2.75. The Morgan fingerprint density at radius 3 is 3.05 bits per heavy atom. The lowest BCUT2D eigenvalue weighted by molar-refractivity contribution is -0.131. The fourth-order valence-electron chi connectivity index (χ4n) is 2.74. The first-order valence-corrected chi connectivity index (χ1v) is 9.33. The molecule has 2 rings (SSSR count). The number of thioether (sulfide) groups is 1. The number of likely N-dealkylation sites (tertiary alicyclic amines) is 1. The van der Waals surface area contributed by atoms with Crippen molar-refractivity contribution in [2.45, 2.75) is 38.1 Å². The van der Waals surface area contributed by atoms with Gasteiger partial charge in [0.2, 0.25) is 5.91 Å². The standard InChI is InChI=1S/C16H26N4OS/c1-22-11-3-5-16(21)20-9-2-4-13(8-10-20)19-14-6-7-15(17)18-12-14/h6-7,12-13,19H,2-5,8-11H2,1H3,(H2,17,18)/t13-/m1/s1. The van der Waals surface area contributed by atoms with Gasteiger partial charge in [-0.1, -0.05) is 0 Å². The van der Waals surface area contributed by atoms with Crippen molar-refractivity contribution in [1.29, 1.82) is 0 Å². The molecular weight excluding hydrogens is 296 g/mol. The maximum Gasteiger partial charge on any atom is 0.222 e. The molecule has 0 bridgehead atoms. The Bertz CT molecular complexity index is 466. The van der Waals surface area contributed by atoms with Crippen LogP contribution in [0.1, 0.15) is 32.1 Å². The molecular formula is C16H26N4OS. The molecule has 122 valence electrons. The van der Waals surface area contributed by atoms with Crippen molar-refractivity contribution in [2.24, 2.45) is 0 Å². The van der Waals surface area contributed by atoms with E-state index in [0.29, 0.717) is 24.2 Å². The maximum absolute atomic E-state index is 12.2. The van der Waals surface area contributed by atoms with Crippen LogP contribution in [0.2, 0.25) is 0 Å². The highest BCUT2D eigenvalue weighted by molar-refractivity contribution is 7.98. The number of amides is 1. The van der Waals surface area contributed by atoms with Crippen LogP contribution in [0.3, 0.4) is 0 Å². The number of anilines is 2. The topological polar surface area (TPSA) is 71.2 Å². The molecule has 3 N–H and O–H groups in total. The summed E-state index contributed by atoms with van der Waals surface area (Å²) in [4.78, 5) is 18.3. The Morgan fingerprint density at radius 1 is 1.45 bits per heavy atom. The summed E-state index contributed by atoms with van der Waals surface area (Å²) in [6, 6.07) is 4.16. The molecule has 6 heteroatoms. The molecule has 22 heavy (non-hydrogen) atoms. The largest absolute Gasteiger partial charge is 0.384 e. The van der Waals surface area contributed by atoms with E-state index in [1.165, 1.54) is 0 Å². The molecule has 1 aromatic heterocycles. The Balaban J connectivity index is 1.79. The molecule has 1 aliphatic rings. The normalized spacial score (nSPS) is 18.8. The van der Waals surface area contributed by atoms with E-state index in [2.05, 4.69) is 16.6 Å². The number of hydrogen-bond acceptors (Lipinski definition) is 5. The van der Waals surface area contributed by atoms with E-state index in [1.54, 1.807) is 24.0 Å². The van der Waals surface area contributed by atoms with Gasteiger partial charge in [0.25, 0.3) is 0 Å². The van der Waals surface area contributed by atoms with Crippen LogP contribution in [-0.4, -0.2) is 46.9 Å². The first-order chi connectivity index (χ1) is 10.7. The van der Waals surface area contributed by atoms with Gasteiger partial charge < -0.3 is 16.0 Å². The lowest BCUT2D eigenvalue weighted by Gasteiger charge is -2.21. The zero-order chi connectivity index (χ0) is 15.8. The number of aromatic nitrogens is 1. The Labute approximate surface area is 137 Å². The van der Waals surface area contributed by atoms with E-state index in [1.807, 2.05) is 11.0 Å². The predicted molar refractivity (Wildman–Crippen MR) is 94.1 cm³/mol. The number of hydrogen-bond donors (Lipinski definition) is 2. The van der Waals surface area contributed by atoms with E-state index in [4.69, 9.17) is 5.73 Å². The third-order valence-corrected chi connectivity index (χ3v) is 4.67. The Kier molecular flexibility index (Phi) is 6.83. The Morgan fingerprint density at radius 2 is 2.32 bits per heavy atom. The zero-order valence-electron chi connectivity index (χ0n) is 13.3. The van der Waals surface area contributed by atoms with E-state index in [9.17, 15) is 4.79 Å². The maximum atomic E-state index is 12.2. The highest BCUT2D eigenvalue weighted by Gasteiger charge is 2.20. The molecule has 1 amide bonds. The zero-order valence-corrected chi connectivity index (χ0v) is 14.1. The summed E-state index contributed by atoms with van der Waals surface area (Å²) in [7, 11) is 0. The van der Waals surface area contributed by atoms with Gasteiger partial charge in [-0.05, 0) is 49.8 Å². The van der Waals surface area contributed by atoms with Crippen LogP contribution in [0.15, 0.2) is 18.3 Å². The summed E-state index contributed by atoms with van der Waals surface area (Å²) in [5, 5.41) is 3.50. The van der Waals surface area contributed by atoms with Crippen LogP contribution in [0.5, 0.6) is 0 Å². The SMILES string of the molecule is CSCCCC(=O)N1CCC[C@@H](Nc2ccc(N)nc2)CC1. The van der Waals surface area contributed by atoms with Crippen LogP contribution >= 0.6 is 11.8 Å². The van der Waals surface area contributed by atoms with Crippen molar-refractivity contribution >= 4 is 29.2 Å². The fourth-order valence-corrected chi connectivity index (χ4v) is 3.18. The minimum absolute atomic E-state index is 0.309. The van der Waals surface area contributed by atoms with E-state index >= 15 is 0 Å². The van der Waals surface area contributed by atoms with Crippen LogP contribution in [0.4, 0.5) is 11.5 Å². The highest BCUT2D eigenvalue weighted by Crippen LogP contribution is 2.18. The molecule has 1 saturated heterocycles. The number of carbonyl (C=O) groups is 1. The smallest absolute Gasteiger partial charge is 0.222 e. The Hall–Kier alpha value is -1.43. The third kappa shape index (κ3) is 5.40. The van der Waals surface area contributed by atoms with Gasteiger partial charge in [-0.25, -0.2) is 4.98 Å². The van der Waals surface area contributed by atoms with Crippen LogP contribution in [-0.2, 0) is 4.79 Å². The second-order valence-electron chi connectivity index (χ2n) is 5.72. The molecule has 1 atom stereocenters. The number of nitrogens with one attached hydrogen (secondary N) is 1. The van der Waals surface area contributed by atoms with Crippen molar-refractivity contribution < 1.29 is 4.79 Å². The monoisotopic (exact) mass is 322 g/mol. The second kappa shape index (κ2) is 8.88. The molecule has 1 fully saturated rings. The summed E-state index contributed by atoms with van der Waals surface area (Å²) in [5.41, 5.74) is 6.60. The second-order valence-corrected chi connectivity index (χ2v) is 6.71. The van der Waals surface area contributed by atoms with Crippen molar-refractivity contribution in [3.8, 4) is 0 Å². The van der Waals surface area contributed by atoms with Crippen molar-refractivity contribution in [3.63, 3.8) is 0 Å². The summed E-state index contributed by atoms with van der Waals surface area (Å²) in [5.74, 6) is 1.91. The fraction of sp³-hybridized carbons (Fsp3) is 0.625. The van der Waals surface area contributed by atoms with E-state index in [-0.39, 0.29) is 0 Å². The average molecular weight is 322 g/mol. The quantitative estimate of drug-likeness (QED) is 0.788. The van der Waals surface area contributed by atoms with Gasteiger partial charge in [0.15, 0.2) is 0 Å². The van der Waals surface area contributed by atoms with Crippen LogP contribution < -0.4 is 11.1 Å². The summed E-state index contributed by atoms with van der Waals surface area (Å²) < 4.78 is 0. The number of nitrogens with zero attached hydrogens (tertiary/aromatic N) is 2. The van der Waals surface area contributed by atoms with Crippen molar-refractivity contribution in [3.05, 3.63) is 18.3 Å². The first kappa shape index (κ1) is 16.9. The molecule has 0 spiro atoms. The van der Waals surface area contributed by atoms with Gasteiger partial charge in [-0.3, -0.25) is 4.79 Å². The number of nitrogen functional groups attached to an aromatic ring is 1. The van der Waals surface area contributed by atoms with Gasteiger partial charge in [0.05, 0.1) is 11.9 Å². The first-order valence-electron chi connectivity index (χ1n) is 7.94. The summed E-state index contributed by atoms with van der Waals surface area (Å²) >= 11 is 1.80. The van der Waals surface area contributed by atoms with Crippen LogP contribution in [0.25, 0.3) is 0 Å². The number of nitrogens with two attached hydrogens (primary N) is 1. The minimum Gasteiger partial charge on any atom is -0.384 e. The summed E-state index contributed by atoms with van der Waals surface area (Å²) in [6.07, 6.45) is 8.63. The predicted octanol–water partition coefficient (Wildman–Crippen LogP) is 2.60. The number of pyridine rings is 1. The van der Waals surface area contributed by atoms with Gasteiger partial charge >= 0.3 is 0 Å². The van der Waals surface area contributed by atoms with Gasteiger partial charge in [0.1, 0.15) is 5.82 Å².